The van der Waals surface area contributed by atoms with E-state index in [1.807, 2.05) is 18.2 Å². The van der Waals surface area contributed by atoms with Crippen molar-refractivity contribution in [1.82, 2.24) is 0 Å². The predicted octanol–water partition coefficient (Wildman–Crippen LogP) is 1.40. The standard InChI is InChI=1S/C8H8Se/c9-8-6-4-2-1-3-5-7-8/h1-6H,7H2/b2-1-,5-3-,6-4-. The molecule has 1 aliphatic carbocycles. The number of rotatable bonds is 0. The van der Waals surface area contributed by atoms with E-state index >= 15 is 0 Å². The first kappa shape index (κ1) is 6.73. The third-order valence-electron chi connectivity index (χ3n) is 1.07. The molecule has 0 aromatic rings. The summed E-state index contributed by atoms with van der Waals surface area (Å²) in [6.45, 7) is 0. The Hall–Kier alpha value is -0.391. The molecule has 0 amide bonds. The van der Waals surface area contributed by atoms with Crippen molar-refractivity contribution in [2.75, 3.05) is 0 Å². The van der Waals surface area contributed by atoms with Crippen LogP contribution in [0.3, 0.4) is 0 Å². The molecule has 0 fully saturated rings. The summed E-state index contributed by atoms with van der Waals surface area (Å²) in [4.78, 5) is 0. The van der Waals surface area contributed by atoms with Gasteiger partial charge in [0.05, 0.1) is 0 Å². The van der Waals surface area contributed by atoms with E-state index in [1.54, 1.807) is 0 Å². The van der Waals surface area contributed by atoms with Crippen molar-refractivity contribution in [1.29, 1.82) is 0 Å². The Bertz CT molecular complexity index is 185. The molecule has 0 aromatic carbocycles. The van der Waals surface area contributed by atoms with Gasteiger partial charge in [-0.15, -0.1) is 0 Å². The van der Waals surface area contributed by atoms with Crippen LogP contribution in [0.2, 0.25) is 0 Å². The monoisotopic (exact) mass is 184 g/mol. The van der Waals surface area contributed by atoms with E-state index in [9.17, 15) is 0 Å². The Morgan fingerprint density at radius 3 is 2.78 bits per heavy atom. The summed E-state index contributed by atoms with van der Waals surface area (Å²) < 4.78 is 1.29. The minimum atomic E-state index is 1.03. The molecule has 0 bridgehead atoms. The summed E-state index contributed by atoms with van der Waals surface area (Å²) in [7, 11) is 0. The van der Waals surface area contributed by atoms with Crippen LogP contribution >= 0.6 is 0 Å². The van der Waals surface area contributed by atoms with Crippen LogP contribution in [-0.2, 0) is 0 Å². The molecular formula is C8H8Se. The summed E-state index contributed by atoms with van der Waals surface area (Å²) in [5.41, 5.74) is 0. The minimum absolute atomic E-state index is 1.03. The van der Waals surface area contributed by atoms with Gasteiger partial charge in [0.25, 0.3) is 0 Å². The topological polar surface area (TPSA) is 0 Å². The molecule has 0 N–H and O–H groups in total. The van der Waals surface area contributed by atoms with E-state index in [-0.39, 0.29) is 0 Å². The van der Waals surface area contributed by atoms with Crippen LogP contribution in [-0.4, -0.2) is 20.0 Å². The molecule has 0 saturated heterocycles. The van der Waals surface area contributed by atoms with Gasteiger partial charge in [-0.2, -0.15) is 0 Å². The van der Waals surface area contributed by atoms with E-state index in [0.717, 1.165) is 6.42 Å². The summed E-state index contributed by atoms with van der Waals surface area (Å²) in [6.07, 6.45) is 13.4. The first-order valence-corrected chi connectivity index (χ1v) is 3.78. The van der Waals surface area contributed by atoms with Gasteiger partial charge in [-0.3, -0.25) is 0 Å². The zero-order valence-corrected chi connectivity index (χ0v) is 6.79. The zero-order chi connectivity index (χ0) is 6.53. The molecule has 0 radical (unpaired) electrons. The quantitative estimate of drug-likeness (QED) is 0.498. The second-order valence-corrected chi connectivity index (χ2v) is 2.94. The van der Waals surface area contributed by atoms with Crippen LogP contribution in [0.5, 0.6) is 0 Å². The Kier molecular flexibility index (Phi) is 2.69. The Labute approximate surface area is 63.3 Å². The van der Waals surface area contributed by atoms with Gasteiger partial charge in [0.1, 0.15) is 0 Å². The molecule has 1 rings (SSSR count). The van der Waals surface area contributed by atoms with Crippen LogP contribution in [0.1, 0.15) is 6.42 Å². The van der Waals surface area contributed by atoms with Crippen molar-refractivity contribution in [2.24, 2.45) is 0 Å². The molecular weight excluding hydrogens is 175 g/mol. The van der Waals surface area contributed by atoms with Gasteiger partial charge in [-0.25, -0.2) is 0 Å². The summed E-state index contributed by atoms with van der Waals surface area (Å²) >= 11 is 2.99. The first-order chi connectivity index (χ1) is 4.39. The van der Waals surface area contributed by atoms with Gasteiger partial charge in [0, 0.05) is 0 Å². The second-order valence-electron chi connectivity index (χ2n) is 1.84. The van der Waals surface area contributed by atoms with Crippen LogP contribution in [0, 0.1) is 0 Å². The second kappa shape index (κ2) is 3.60. The van der Waals surface area contributed by atoms with Crippen molar-refractivity contribution in [3.8, 4) is 0 Å². The van der Waals surface area contributed by atoms with Crippen molar-refractivity contribution >= 4 is 20.0 Å². The maximum absolute atomic E-state index is 2.99. The van der Waals surface area contributed by atoms with Gasteiger partial charge in [-0.1, -0.05) is 0 Å². The molecule has 0 unspecified atom stereocenters. The fourth-order valence-electron chi connectivity index (χ4n) is 0.622. The first-order valence-electron chi connectivity index (χ1n) is 2.92. The molecule has 0 nitrogen and oxygen atoms in total. The van der Waals surface area contributed by atoms with Crippen molar-refractivity contribution in [2.45, 2.75) is 6.42 Å². The van der Waals surface area contributed by atoms with E-state index in [1.165, 1.54) is 4.42 Å². The summed E-state index contributed by atoms with van der Waals surface area (Å²) in [5, 5.41) is 0. The molecule has 1 heteroatoms. The number of hydrogen-bond acceptors (Lipinski definition) is 0. The normalized spacial score (nSPS) is 28.2. The van der Waals surface area contributed by atoms with Crippen LogP contribution in [0.4, 0.5) is 0 Å². The van der Waals surface area contributed by atoms with Crippen LogP contribution < -0.4 is 0 Å². The summed E-state index contributed by atoms with van der Waals surface area (Å²) in [5.74, 6) is 0. The Morgan fingerprint density at radius 1 is 1.11 bits per heavy atom. The number of allylic oxidation sites excluding steroid dienone is 6. The molecule has 0 spiro atoms. The predicted molar refractivity (Wildman–Crippen MR) is 42.8 cm³/mol. The molecule has 0 atom stereocenters. The molecule has 46 valence electrons. The average molecular weight is 183 g/mol. The zero-order valence-electron chi connectivity index (χ0n) is 5.08. The Balaban J connectivity index is 2.70. The maximum atomic E-state index is 2.99. The van der Waals surface area contributed by atoms with Gasteiger partial charge in [0.2, 0.25) is 0 Å². The SMILES string of the molecule is [Se]=C1\C=C/C=C\C=C/C1. The van der Waals surface area contributed by atoms with Gasteiger partial charge >= 0.3 is 62.9 Å². The van der Waals surface area contributed by atoms with Crippen molar-refractivity contribution in [3.05, 3.63) is 36.5 Å². The third-order valence-corrected chi connectivity index (χ3v) is 1.71. The fraction of sp³-hybridized carbons (Fsp3) is 0.125. The third kappa shape index (κ3) is 2.59. The van der Waals surface area contributed by atoms with E-state index in [0.29, 0.717) is 0 Å². The van der Waals surface area contributed by atoms with E-state index in [4.69, 9.17) is 0 Å². The van der Waals surface area contributed by atoms with Gasteiger partial charge < -0.3 is 0 Å². The van der Waals surface area contributed by atoms with Crippen molar-refractivity contribution in [3.63, 3.8) is 0 Å². The van der Waals surface area contributed by atoms with Gasteiger partial charge in [0.15, 0.2) is 0 Å². The molecule has 0 heterocycles. The summed E-state index contributed by atoms with van der Waals surface area (Å²) in [6, 6.07) is 0. The molecule has 0 aliphatic heterocycles. The molecule has 0 saturated carbocycles. The fourth-order valence-corrected chi connectivity index (χ4v) is 0.989. The van der Waals surface area contributed by atoms with Gasteiger partial charge in [-0.05, 0) is 0 Å². The number of hydrogen-bond donors (Lipinski definition) is 0. The molecule has 9 heavy (non-hydrogen) atoms. The van der Waals surface area contributed by atoms with E-state index < -0.39 is 0 Å². The van der Waals surface area contributed by atoms with E-state index in [2.05, 4.69) is 33.8 Å². The Morgan fingerprint density at radius 2 is 1.89 bits per heavy atom. The average Bonchev–Trinajstić information content (AvgIpc) is 1.79. The van der Waals surface area contributed by atoms with Crippen LogP contribution in [0.15, 0.2) is 36.5 Å². The van der Waals surface area contributed by atoms with Crippen LogP contribution in [0.25, 0.3) is 0 Å². The molecule has 0 aromatic heterocycles. The molecule has 1 aliphatic rings. The van der Waals surface area contributed by atoms with Crippen molar-refractivity contribution < 1.29 is 0 Å².